The summed E-state index contributed by atoms with van der Waals surface area (Å²) in [5, 5.41) is 9.06. The van der Waals surface area contributed by atoms with E-state index in [1.54, 1.807) is 29.3 Å². The number of ether oxygens (including phenoxy) is 1. The molecular weight excluding hydrogens is 234 g/mol. The largest absolute Gasteiger partial charge is 0.497 e. The fraction of sp³-hybridized carbons (Fsp3) is 0.167. The first-order valence-corrected chi connectivity index (χ1v) is 5.36. The number of carboxylic acid groups (broad SMARTS) is 1. The molecule has 6 nitrogen and oxygen atoms in total. The van der Waals surface area contributed by atoms with Crippen LogP contribution < -0.4 is 4.74 Å². The van der Waals surface area contributed by atoms with Gasteiger partial charge in [-0.2, -0.15) is 0 Å². The van der Waals surface area contributed by atoms with Crippen molar-refractivity contribution in [3.8, 4) is 5.75 Å². The maximum Gasteiger partial charge on any atom is 0.354 e. The van der Waals surface area contributed by atoms with Crippen LogP contribution in [0.25, 0.3) is 16.8 Å². The summed E-state index contributed by atoms with van der Waals surface area (Å²) in [6.07, 6.45) is 1.57. The molecule has 18 heavy (non-hydrogen) atoms. The minimum absolute atomic E-state index is 0.204. The lowest BCUT2D eigenvalue weighted by Crippen LogP contribution is -2.03. The molecule has 0 amide bonds. The number of aromatic carboxylic acids is 1. The van der Waals surface area contributed by atoms with Gasteiger partial charge < -0.3 is 14.4 Å². The molecule has 0 unspecified atom stereocenters. The van der Waals surface area contributed by atoms with Crippen LogP contribution in [0.15, 0.2) is 24.4 Å². The average molecular weight is 245 g/mol. The van der Waals surface area contributed by atoms with Crippen molar-refractivity contribution < 1.29 is 14.6 Å². The predicted octanol–water partition coefficient (Wildman–Crippen LogP) is 1.53. The molecule has 2 heterocycles. The van der Waals surface area contributed by atoms with Gasteiger partial charge in [0.15, 0.2) is 0 Å². The molecule has 0 saturated carbocycles. The van der Waals surface area contributed by atoms with Gasteiger partial charge in [0.2, 0.25) is 5.78 Å². The number of carbonyl (C=O) groups is 1. The molecule has 0 aliphatic carbocycles. The van der Waals surface area contributed by atoms with Gasteiger partial charge in [-0.25, -0.2) is 9.78 Å². The van der Waals surface area contributed by atoms with Crippen LogP contribution in [0.2, 0.25) is 0 Å². The molecule has 1 N–H and O–H groups in total. The van der Waals surface area contributed by atoms with Crippen LogP contribution in [0.5, 0.6) is 5.75 Å². The van der Waals surface area contributed by atoms with Gasteiger partial charge in [0, 0.05) is 19.3 Å². The zero-order valence-corrected chi connectivity index (χ0v) is 9.91. The van der Waals surface area contributed by atoms with Crippen LogP contribution in [0.3, 0.4) is 0 Å². The lowest BCUT2D eigenvalue weighted by atomic mass is 10.3. The van der Waals surface area contributed by atoms with E-state index in [1.165, 1.54) is 0 Å². The normalized spacial score (nSPS) is 11.2. The predicted molar refractivity (Wildman–Crippen MR) is 65.2 cm³/mol. The van der Waals surface area contributed by atoms with Gasteiger partial charge in [-0.3, -0.25) is 4.40 Å². The standard InChI is InChI=1S/C12H11N3O3/c1-14-10(11(16)17)6-15-9-4-3-7(18-2)5-8(9)13-12(14)15/h3-6H,1-2H3,(H,16,17). The Bertz CT molecular complexity index is 770. The highest BCUT2D eigenvalue weighted by Crippen LogP contribution is 2.23. The average Bonchev–Trinajstić information content (AvgIpc) is 2.86. The number of carboxylic acids is 1. The molecule has 0 bridgehead atoms. The first-order chi connectivity index (χ1) is 8.61. The highest BCUT2D eigenvalue weighted by atomic mass is 16.5. The molecule has 6 heteroatoms. The molecule has 1 aromatic carbocycles. The highest BCUT2D eigenvalue weighted by molar-refractivity contribution is 5.89. The maximum absolute atomic E-state index is 11.0. The number of hydrogen-bond acceptors (Lipinski definition) is 3. The van der Waals surface area contributed by atoms with Gasteiger partial charge >= 0.3 is 5.97 Å². The first-order valence-electron chi connectivity index (χ1n) is 5.36. The third kappa shape index (κ3) is 1.29. The number of aryl methyl sites for hydroxylation is 1. The van der Waals surface area contributed by atoms with E-state index in [2.05, 4.69) is 4.98 Å². The Morgan fingerprint density at radius 3 is 2.89 bits per heavy atom. The number of imidazole rings is 2. The van der Waals surface area contributed by atoms with Gasteiger partial charge in [-0.15, -0.1) is 0 Å². The summed E-state index contributed by atoms with van der Waals surface area (Å²) in [5.74, 6) is 0.352. The number of fused-ring (bicyclic) bond motifs is 3. The quantitative estimate of drug-likeness (QED) is 0.743. The molecule has 0 aliphatic heterocycles. The van der Waals surface area contributed by atoms with Gasteiger partial charge in [-0.1, -0.05) is 0 Å². The molecule has 0 saturated heterocycles. The first kappa shape index (κ1) is 10.6. The Morgan fingerprint density at radius 2 is 2.22 bits per heavy atom. The number of benzene rings is 1. The third-order valence-electron chi connectivity index (χ3n) is 3.01. The summed E-state index contributed by atoms with van der Waals surface area (Å²) in [7, 11) is 3.28. The van der Waals surface area contributed by atoms with Crippen LogP contribution >= 0.6 is 0 Å². The fourth-order valence-electron chi connectivity index (χ4n) is 2.07. The minimum Gasteiger partial charge on any atom is -0.497 e. The smallest absolute Gasteiger partial charge is 0.354 e. The molecule has 0 atom stereocenters. The minimum atomic E-state index is -0.968. The van der Waals surface area contributed by atoms with Crippen molar-refractivity contribution >= 4 is 22.8 Å². The van der Waals surface area contributed by atoms with Crippen LogP contribution in [0.1, 0.15) is 10.5 Å². The molecule has 92 valence electrons. The number of hydrogen-bond donors (Lipinski definition) is 1. The van der Waals surface area contributed by atoms with Gasteiger partial charge in [0.1, 0.15) is 11.4 Å². The van der Waals surface area contributed by atoms with Gasteiger partial charge in [-0.05, 0) is 12.1 Å². The Morgan fingerprint density at radius 1 is 1.44 bits per heavy atom. The molecule has 3 aromatic rings. The SMILES string of the molecule is COc1ccc2c(c1)nc1n(C)c(C(=O)O)cn21. The van der Waals surface area contributed by atoms with Crippen LogP contribution in [-0.4, -0.2) is 32.1 Å². The summed E-state index contributed by atoms with van der Waals surface area (Å²) in [6, 6.07) is 5.51. The molecular formula is C12H11N3O3. The number of aromatic nitrogens is 3. The third-order valence-corrected chi connectivity index (χ3v) is 3.01. The van der Waals surface area contributed by atoms with E-state index >= 15 is 0 Å². The second-order valence-corrected chi connectivity index (χ2v) is 4.01. The second-order valence-electron chi connectivity index (χ2n) is 4.01. The summed E-state index contributed by atoms with van der Waals surface area (Å²) in [4.78, 5) is 15.5. The zero-order chi connectivity index (χ0) is 12.9. The number of nitrogens with zero attached hydrogens (tertiary/aromatic N) is 3. The molecule has 3 rings (SSSR count). The lowest BCUT2D eigenvalue weighted by molar-refractivity contribution is 0.0687. The van der Waals surface area contributed by atoms with E-state index in [0.717, 1.165) is 16.8 Å². The fourth-order valence-corrected chi connectivity index (χ4v) is 2.07. The van der Waals surface area contributed by atoms with Gasteiger partial charge in [0.05, 0.1) is 18.1 Å². The molecule has 0 aliphatic rings. The van der Waals surface area contributed by atoms with Crippen molar-refractivity contribution in [3.05, 3.63) is 30.1 Å². The van der Waals surface area contributed by atoms with E-state index in [1.807, 2.05) is 18.2 Å². The highest BCUT2D eigenvalue weighted by Gasteiger charge is 2.16. The topological polar surface area (TPSA) is 68.8 Å². The second kappa shape index (κ2) is 3.49. The monoisotopic (exact) mass is 245 g/mol. The maximum atomic E-state index is 11.0. The Hall–Kier alpha value is -2.50. The van der Waals surface area contributed by atoms with Crippen molar-refractivity contribution in [3.63, 3.8) is 0 Å². The Labute approximate surface area is 102 Å². The summed E-state index contributed by atoms with van der Waals surface area (Å²) >= 11 is 0. The van der Waals surface area contributed by atoms with Crippen molar-refractivity contribution in [1.82, 2.24) is 14.0 Å². The molecule has 0 spiro atoms. The molecule has 0 radical (unpaired) electrons. The summed E-state index contributed by atoms with van der Waals surface area (Å²) in [6.45, 7) is 0. The van der Waals surface area contributed by atoms with E-state index in [-0.39, 0.29) is 5.69 Å². The Balaban J connectivity index is 2.36. The van der Waals surface area contributed by atoms with Gasteiger partial charge in [0.25, 0.3) is 0 Å². The van der Waals surface area contributed by atoms with Crippen LogP contribution in [-0.2, 0) is 7.05 Å². The lowest BCUT2D eigenvalue weighted by Gasteiger charge is -1.97. The number of rotatable bonds is 2. The van der Waals surface area contributed by atoms with Crippen molar-refractivity contribution in [2.45, 2.75) is 0 Å². The van der Waals surface area contributed by atoms with E-state index < -0.39 is 5.97 Å². The summed E-state index contributed by atoms with van der Waals surface area (Å²) in [5.41, 5.74) is 1.83. The van der Waals surface area contributed by atoms with E-state index in [9.17, 15) is 4.79 Å². The molecule has 2 aromatic heterocycles. The number of methoxy groups -OCH3 is 1. The van der Waals surface area contributed by atoms with Crippen LogP contribution in [0, 0.1) is 0 Å². The van der Waals surface area contributed by atoms with Crippen molar-refractivity contribution in [2.75, 3.05) is 7.11 Å². The van der Waals surface area contributed by atoms with E-state index in [4.69, 9.17) is 9.84 Å². The van der Waals surface area contributed by atoms with E-state index in [0.29, 0.717) is 5.78 Å². The van der Waals surface area contributed by atoms with Crippen LogP contribution in [0.4, 0.5) is 0 Å². The Kier molecular flexibility index (Phi) is 2.07. The molecule has 0 fully saturated rings. The summed E-state index contributed by atoms with van der Waals surface area (Å²) < 4.78 is 8.45. The van der Waals surface area contributed by atoms with Crippen molar-refractivity contribution in [2.24, 2.45) is 7.05 Å². The van der Waals surface area contributed by atoms with Crippen molar-refractivity contribution in [1.29, 1.82) is 0 Å². The zero-order valence-electron chi connectivity index (χ0n) is 9.91.